The van der Waals surface area contributed by atoms with E-state index in [2.05, 4.69) is 33.8 Å². The average molecular weight is 224 g/mol. The first-order valence-corrected chi connectivity index (χ1v) is 6.27. The summed E-state index contributed by atoms with van der Waals surface area (Å²) >= 11 is 0. The molecule has 0 bridgehead atoms. The molecule has 0 aromatic heterocycles. The van der Waals surface area contributed by atoms with E-state index in [9.17, 15) is 4.79 Å². The van der Waals surface area contributed by atoms with Gasteiger partial charge >= 0.3 is 5.97 Å². The molecule has 0 heterocycles. The second-order valence-electron chi connectivity index (χ2n) is 5.72. The SMILES string of the molecule is CCC(CC(=O)O)C1C(C)=CCCC1(C)C. The van der Waals surface area contributed by atoms with Crippen molar-refractivity contribution in [2.24, 2.45) is 17.3 Å². The van der Waals surface area contributed by atoms with Crippen molar-refractivity contribution in [1.82, 2.24) is 0 Å². The molecular formula is C14H24O2. The summed E-state index contributed by atoms with van der Waals surface area (Å²) < 4.78 is 0. The minimum absolute atomic E-state index is 0.245. The van der Waals surface area contributed by atoms with Gasteiger partial charge in [-0.15, -0.1) is 0 Å². The molecule has 1 aliphatic carbocycles. The van der Waals surface area contributed by atoms with E-state index in [1.165, 1.54) is 12.0 Å². The molecule has 0 aliphatic heterocycles. The third-order valence-corrected chi connectivity index (χ3v) is 4.02. The van der Waals surface area contributed by atoms with Gasteiger partial charge in [-0.1, -0.05) is 38.8 Å². The highest BCUT2D eigenvalue weighted by atomic mass is 16.4. The van der Waals surface area contributed by atoms with Crippen LogP contribution in [0.1, 0.15) is 53.4 Å². The number of aliphatic carboxylic acids is 1. The van der Waals surface area contributed by atoms with Crippen LogP contribution in [0.25, 0.3) is 0 Å². The molecule has 1 aliphatic rings. The lowest BCUT2D eigenvalue weighted by atomic mass is 9.62. The van der Waals surface area contributed by atoms with Gasteiger partial charge in [0.05, 0.1) is 0 Å². The van der Waals surface area contributed by atoms with Crippen molar-refractivity contribution in [3.05, 3.63) is 11.6 Å². The molecule has 1 rings (SSSR count). The summed E-state index contributed by atoms with van der Waals surface area (Å²) in [7, 11) is 0. The summed E-state index contributed by atoms with van der Waals surface area (Å²) in [5.74, 6) is 0.0485. The van der Waals surface area contributed by atoms with Gasteiger partial charge in [0, 0.05) is 6.42 Å². The van der Waals surface area contributed by atoms with Crippen LogP contribution in [-0.2, 0) is 4.79 Å². The van der Waals surface area contributed by atoms with E-state index in [1.54, 1.807) is 0 Å². The van der Waals surface area contributed by atoms with Crippen molar-refractivity contribution in [2.75, 3.05) is 0 Å². The Hall–Kier alpha value is -0.790. The molecule has 2 nitrogen and oxygen atoms in total. The zero-order valence-electron chi connectivity index (χ0n) is 10.9. The van der Waals surface area contributed by atoms with E-state index in [1.807, 2.05) is 0 Å². The van der Waals surface area contributed by atoms with E-state index < -0.39 is 5.97 Å². The fourth-order valence-electron chi connectivity index (χ4n) is 3.30. The third-order valence-electron chi connectivity index (χ3n) is 4.02. The Bertz CT molecular complexity index is 289. The molecule has 92 valence electrons. The molecule has 2 heteroatoms. The fraction of sp³-hybridized carbons (Fsp3) is 0.786. The molecule has 0 amide bonds. The molecule has 0 aromatic rings. The topological polar surface area (TPSA) is 37.3 Å². The lowest BCUT2D eigenvalue weighted by Gasteiger charge is -2.42. The second kappa shape index (κ2) is 5.03. The van der Waals surface area contributed by atoms with Crippen molar-refractivity contribution < 1.29 is 9.90 Å². The maximum atomic E-state index is 10.9. The maximum Gasteiger partial charge on any atom is 0.303 e. The molecule has 0 saturated carbocycles. The number of rotatable bonds is 4. The van der Waals surface area contributed by atoms with Gasteiger partial charge in [-0.25, -0.2) is 0 Å². The molecule has 16 heavy (non-hydrogen) atoms. The number of carboxylic acid groups (broad SMARTS) is 1. The molecule has 0 radical (unpaired) electrons. The van der Waals surface area contributed by atoms with Crippen LogP contribution in [0, 0.1) is 17.3 Å². The number of hydrogen-bond donors (Lipinski definition) is 1. The number of carboxylic acids is 1. The predicted molar refractivity (Wildman–Crippen MR) is 66.3 cm³/mol. The molecule has 0 fully saturated rings. The van der Waals surface area contributed by atoms with Gasteiger partial charge in [0.15, 0.2) is 0 Å². The summed E-state index contributed by atoms with van der Waals surface area (Å²) in [4.78, 5) is 10.9. The molecule has 2 atom stereocenters. The van der Waals surface area contributed by atoms with Gasteiger partial charge in [0.25, 0.3) is 0 Å². The van der Waals surface area contributed by atoms with Gasteiger partial charge in [-0.05, 0) is 37.0 Å². The number of hydrogen-bond acceptors (Lipinski definition) is 1. The summed E-state index contributed by atoms with van der Waals surface area (Å²) in [5.41, 5.74) is 1.64. The Morgan fingerprint density at radius 2 is 2.25 bits per heavy atom. The Kier molecular flexibility index (Phi) is 4.17. The van der Waals surface area contributed by atoms with Gasteiger partial charge in [0.2, 0.25) is 0 Å². The quantitative estimate of drug-likeness (QED) is 0.736. The second-order valence-corrected chi connectivity index (χ2v) is 5.72. The lowest BCUT2D eigenvalue weighted by Crippen LogP contribution is -2.34. The first-order chi connectivity index (χ1) is 7.38. The fourth-order valence-corrected chi connectivity index (χ4v) is 3.30. The smallest absolute Gasteiger partial charge is 0.303 e. The maximum absolute atomic E-state index is 10.9. The van der Waals surface area contributed by atoms with Gasteiger partial charge < -0.3 is 5.11 Å². The summed E-state index contributed by atoms with van der Waals surface area (Å²) in [5, 5.41) is 8.98. The normalized spacial score (nSPS) is 26.0. The molecule has 2 unspecified atom stereocenters. The number of allylic oxidation sites excluding steroid dienone is 2. The van der Waals surface area contributed by atoms with Gasteiger partial charge in [0.1, 0.15) is 0 Å². The zero-order valence-corrected chi connectivity index (χ0v) is 10.9. The van der Waals surface area contributed by atoms with E-state index in [-0.39, 0.29) is 11.3 Å². The van der Waals surface area contributed by atoms with E-state index >= 15 is 0 Å². The minimum Gasteiger partial charge on any atom is -0.481 e. The van der Waals surface area contributed by atoms with Crippen molar-refractivity contribution >= 4 is 5.97 Å². The van der Waals surface area contributed by atoms with Crippen LogP contribution in [0.4, 0.5) is 0 Å². The van der Waals surface area contributed by atoms with Crippen molar-refractivity contribution in [2.45, 2.75) is 53.4 Å². The van der Waals surface area contributed by atoms with Gasteiger partial charge in [-0.2, -0.15) is 0 Å². The van der Waals surface area contributed by atoms with Crippen LogP contribution < -0.4 is 0 Å². The minimum atomic E-state index is -0.666. The monoisotopic (exact) mass is 224 g/mol. The Morgan fingerprint density at radius 1 is 1.62 bits per heavy atom. The van der Waals surface area contributed by atoms with Crippen LogP contribution in [0.2, 0.25) is 0 Å². The highest BCUT2D eigenvalue weighted by Crippen LogP contribution is 2.46. The first-order valence-electron chi connectivity index (χ1n) is 6.27. The van der Waals surface area contributed by atoms with Crippen LogP contribution in [-0.4, -0.2) is 11.1 Å². The molecular weight excluding hydrogens is 200 g/mol. The summed E-state index contributed by atoms with van der Waals surface area (Å²) in [6.07, 6.45) is 5.85. The van der Waals surface area contributed by atoms with E-state index in [0.29, 0.717) is 12.3 Å². The lowest BCUT2D eigenvalue weighted by molar-refractivity contribution is -0.138. The highest BCUT2D eigenvalue weighted by molar-refractivity contribution is 5.67. The molecule has 1 N–H and O–H groups in total. The standard InChI is InChI=1S/C14H24O2/c1-5-11(9-12(15)16)13-10(2)7-6-8-14(13,3)4/h7,11,13H,5-6,8-9H2,1-4H3,(H,15,16). The largest absolute Gasteiger partial charge is 0.481 e. The van der Waals surface area contributed by atoms with Crippen molar-refractivity contribution in [3.63, 3.8) is 0 Å². The van der Waals surface area contributed by atoms with Crippen LogP contribution >= 0.6 is 0 Å². The summed E-state index contributed by atoms with van der Waals surface area (Å²) in [6.45, 7) is 8.82. The van der Waals surface area contributed by atoms with E-state index in [0.717, 1.165) is 12.8 Å². The van der Waals surface area contributed by atoms with Gasteiger partial charge in [-0.3, -0.25) is 4.79 Å². The zero-order chi connectivity index (χ0) is 12.3. The predicted octanol–water partition coefficient (Wildman–Crippen LogP) is 3.87. The van der Waals surface area contributed by atoms with E-state index in [4.69, 9.17) is 5.11 Å². The van der Waals surface area contributed by atoms with Crippen molar-refractivity contribution in [1.29, 1.82) is 0 Å². The molecule has 0 spiro atoms. The van der Waals surface area contributed by atoms with Crippen molar-refractivity contribution in [3.8, 4) is 0 Å². The van der Waals surface area contributed by atoms with Crippen LogP contribution in [0.15, 0.2) is 11.6 Å². The Balaban J connectivity index is 2.91. The Labute approximate surface area is 98.7 Å². The summed E-state index contributed by atoms with van der Waals surface area (Å²) in [6, 6.07) is 0. The first kappa shape index (κ1) is 13.3. The van der Waals surface area contributed by atoms with Crippen LogP contribution in [0.5, 0.6) is 0 Å². The molecule has 0 aromatic carbocycles. The number of carbonyl (C=O) groups is 1. The molecule has 0 saturated heterocycles. The Morgan fingerprint density at radius 3 is 2.69 bits per heavy atom. The van der Waals surface area contributed by atoms with Crippen LogP contribution in [0.3, 0.4) is 0 Å². The third kappa shape index (κ3) is 2.87. The average Bonchev–Trinajstić information content (AvgIpc) is 2.13. The highest BCUT2D eigenvalue weighted by Gasteiger charge is 2.38.